The predicted octanol–water partition coefficient (Wildman–Crippen LogP) is 2.36. The minimum atomic E-state index is -0.233. The highest BCUT2D eigenvalue weighted by atomic mass is 16.5. The smallest absolute Gasteiger partial charge is 0.295 e. The second-order valence-corrected chi connectivity index (χ2v) is 8.01. The van der Waals surface area contributed by atoms with Crippen LogP contribution in [0.2, 0.25) is 0 Å². The average molecular weight is 452 g/mol. The minimum Gasteiger partial charge on any atom is -0.497 e. The molecule has 4 rings (SSSR count). The summed E-state index contributed by atoms with van der Waals surface area (Å²) in [6.07, 6.45) is 3.23. The third-order valence-corrected chi connectivity index (χ3v) is 6.04. The van der Waals surface area contributed by atoms with Crippen LogP contribution in [-0.2, 0) is 17.9 Å². The van der Waals surface area contributed by atoms with Crippen LogP contribution in [0.15, 0.2) is 41.3 Å². The van der Waals surface area contributed by atoms with E-state index in [9.17, 15) is 9.59 Å². The monoisotopic (exact) mass is 451 g/mol. The van der Waals surface area contributed by atoms with Gasteiger partial charge in [-0.3, -0.25) is 14.2 Å². The normalized spacial score (nSPS) is 16.0. The molecule has 0 saturated carbocycles. The molecule has 1 aliphatic heterocycles. The van der Waals surface area contributed by atoms with Crippen molar-refractivity contribution in [3.63, 3.8) is 0 Å². The zero-order chi connectivity index (χ0) is 23.4. The average Bonchev–Trinajstić information content (AvgIpc) is 2.86. The van der Waals surface area contributed by atoms with Gasteiger partial charge in [0.25, 0.3) is 5.56 Å². The van der Waals surface area contributed by atoms with Crippen LogP contribution >= 0.6 is 0 Å². The topological polar surface area (TPSA) is 98.6 Å². The van der Waals surface area contributed by atoms with E-state index in [1.54, 1.807) is 31.0 Å². The maximum Gasteiger partial charge on any atom is 0.295 e. The first kappa shape index (κ1) is 22.6. The molecule has 1 aromatic carbocycles. The quantitative estimate of drug-likeness (QED) is 0.589. The fraction of sp³-hybridized carbons (Fsp3) is 0.417. The van der Waals surface area contributed by atoms with E-state index in [2.05, 4.69) is 15.3 Å². The van der Waals surface area contributed by atoms with Crippen LogP contribution in [0.1, 0.15) is 25.3 Å². The number of amides is 1. The maximum absolute atomic E-state index is 13.1. The lowest BCUT2D eigenvalue weighted by Crippen LogP contribution is -2.45. The van der Waals surface area contributed by atoms with E-state index in [0.29, 0.717) is 54.7 Å². The summed E-state index contributed by atoms with van der Waals surface area (Å²) >= 11 is 0. The minimum absolute atomic E-state index is 0.0455. The zero-order valence-corrected chi connectivity index (χ0v) is 19.2. The second kappa shape index (κ2) is 9.89. The van der Waals surface area contributed by atoms with E-state index in [4.69, 9.17) is 9.47 Å². The Morgan fingerprint density at radius 1 is 1.24 bits per heavy atom. The molecule has 3 aromatic rings. The fourth-order valence-corrected chi connectivity index (χ4v) is 4.27. The Labute approximate surface area is 192 Å². The van der Waals surface area contributed by atoms with Crippen molar-refractivity contribution in [2.45, 2.75) is 32.9 Å². The highest BCUT2D eigenvalue weighted by Crippen LogP contribution is 2.25. The number of carbonyl (C=O) groups excluding carboxylic acids is 1. The lowest BCUT2D eigenvalue weighted by atomic mass is 9.97. The Kier molecular flexibility index (Phi) is 6.76. The van der Waals surface area contributed by atoms with Gasteiger partial charge in [0.05, 0.1) is 20.1 Å². The van der Waals surface area contributed by atoms with E-state index >= 15 is 0 Å². The van der Waals surface area contributed by atoms with Gasteiger partial charge in [0.2, 0.25) is 5.91 Å². The molecule has 9 nitrogen and oxygen atoms in total. The van der Waals surface area contributed by atoms with Crippen molar-refractivity contribution in [2.75, 3.05) is 32.2 Å². The number of fused-ring (bicyclic) bond motifs is 1. The lowest BCUT2D eigenvalue weighted by molar-refractivity contribution is -0.125. The van der Waals surface area contributed by atoms with Crippen molar-refractivity contribution in [1.82, 2.24) is 19.9 Å². The van der Waals surface area contributed by atoms with Crippen LogP contribution in [0, 0.1) is 5.92 Å². The molecule has 3 heterocycles. The third kappa shape index (κ3) is 4.62. The Bertz CT molecular complexity index is 1210. The summed E-state index contributed by atoms with van der Waals surface area (Å²) in [5.41, 5.74) is 1.95. The second-order valence-electron chi connectivity index (χ2n) is 8.01. The van der Waals surface area contributed by atoms with Crippen LogP contribution < -0.4 is 25.2 Å². The number of ether oxygens (including phenoxy) is 2. The number of piperidine rings is 1. The van der Waals surface area contributed by atoms with Crippen molar-refractivity contribution < 1.29 is 14.3 Å². The SMILES string of the molecule is CCn1c(=O)c(N2CCCC(C(=O)NCc3ccc(OC)cc3OC)C2)nc2cccnc21. The first-order valence-electron chi connectivity index (χ1n) is 11.1. The summed E-state index contributed by atoms with van der Waals surface area (Å²) in [5.74, 6) is 1.46. The number of nitrogens with one attached hydrogen (secondary N) is 1. The van der Waals surface area contributed by atoms with Crippen LogP contribution in [0.25, 0.3) is 11.2 Å². The Balaban J connectivity index is 1.50. The van der Waals surface area contributed by atoms with Gasteiger partial charge in [-0.25, -0.2) is 9.97 Å². The highest BCUT2D eigenvalue weighted by molar-refractivity contribution is 5.80. The summed E-state index contributed by atoms with van der Waals surface area (Å²) in [6, 6.07) is 9.18. The van der Waals surface area contributed by atoms with Gasteiger partial charge in [0.1, 0.15) is 17.0 Å². The van der Waals surface area contributed by atoms with Crippen LogP contribution in [0.4, 0.5) is 5.82 Å². The molecule has 0 aliphatic carbocycles. The number of pyridine rings is 1. The standard InChI is InChI=1S/C24H29N5O4/c1-4-29-21-19(8-5-11-25-21)27-22(24(29)31)28-12-6-7-17(15-28)23(30)26-14-16-9-10-18(32-2)13-20(16)33-3/h5,8-11,13,17H,4,6-7,12,14-15H2,1-3H3,(H,26,30). The first-order chi connectivity index (χ1) is 16.0. The molecule has 1 atom stereocenters. The summed E-state index contributed by atoms with van der Waals surface area (Å²) in [5, 5.41) is 3.02. The summed E-state index contributed by atoms with van der Waals surface area (Å²) < 4.78 is 12.3. The van der Waals surface area contributed by atoms with Crippen LogP contribution in [0.5, 0.6) is 11.5 Å². The van der Waals surface area contributed by atoms with Gasteiger partial charge in [-0.05, 0) is 44.0 Å². The molecule has 1 fully saturated rings. The van der Waals surface area contributed by atoms with Gasteiger partial charge in [-0.15, -0.1) is 0 Å². The van der Waals surface area contributed by atoms with Gasteiger partial charge in [0.15, 0.2) is 11.5 Å². The molecular weight excluding hydrogens is 422 g/mol. The number of aryl methyl sites for hydroxylation is 1. The zero-order valence-electron chi connectivity index (χ0n) is 19.2. The Morgan fingerprint density at radius 3 is 2.85 bits per heavy atom. The number of hydrogen-bond acceptors (Lipinski definition) is 7. The molecule has 1 unspecified atom stereocenters. The Hall–Kier alpha value is -3.62. The number of methoxy groups -OCH3 is 2. The Morgan fingerprint density at radius 2 is 2.09 bits per heavy atom. The largest absolute Gasteiger partial charge is 0.497 e. The molecule has 2 aromatic heterocycles. The molecule has 1 aliphatic rings. The molecular formula is C24H29N5O4. The molecule has 1 amide bonds. The van der Waals surface area contributed by atoms with E-state index in [-0.39, 0.29) is 17.4 Å². The van der Waals surface area contributed by atoms with Crippen molar-refractivity contribution in [1.29, 1.82) is 0 Å². The van der Waals surface area contributed by atoms with E-state index in [1.165, 1.54) is 0 Å². The number of rotatable bonds is 7. The fourth-order valence-electron chi connectivity index (χ4n) is 4.27. The van der Waals surface area contributed by atoms with Crippen molar-refractivity contribution in [2.24, 2.45) is 5.92 Å². The van der Waals surface area contributed by atoms with Gasteiger partial charge >= 0.3 is 0 Å². The van der Waals surface area contributed by atoms with Crippen LogP contribution in [0.3, 0.4) is 0 Å². The van der Waals surface area contributed by atoms with E-state index in [0.717, 1.165) is 18.4 Å². The summed E-state index contributed by atoms with van der Waals surface area (Å²) in [6.45, 7) is 3.91. The number of nitrogens with zero attached hydrogens (tertiary/aromatic N) is 4. The lowest BCUT2D eigenvalue weighted by Gasteiger charge is -2.32. The molecule has 1 N–H and O–H groups in total. The number of hydrogen-bond donors (Lipinski definition) is 1. The highest BCUT2D eigenvalue weighted by Gasteiger charge is 2.28. The molecule has 0 radical (unpaired) electrons. The number of anilines is 1. The number of aromatic nitrogens is 3. The maximum atomic E-state index is 13.1. The van der Waals surface area contributed by atoms with E-state index in [1.807, 2.05) is 36.1 Å². The van der Waals surface area contributed by atoms with Crippen molar-refractivity contribution >= 4 is 22.9 Å². The summed E-state index contributed by atoms with van der Waals surface area (Å²) in [7, 11) is 3.19. The number of benzene rings is 1. The van der Waals surface area contributed by atoms with Gasteiger partial charge in [-0.2, -0.15) is 0 Å². The molecule has 174 valence electrons. The molecule has 0 bridgehead atoms. The third-order valence-electron chi connectivity index (χ3n) is 6.04. The summed E-state index contributed by atoms with van der Waals surface area (Å²) in [4.78, 5) is 36.9. The van der Waals surface area contributed by atoms with Crippen molar-refractivity contribution in [3.8, 4) is 11.5 Å². The number of carbonyl (C=O) groups is 1. The molecule has 33 heavy (non-hydrogen) atoms. The van der Waals surface area contributed by atoms with Gasteiger partial charge in [0, 0.05) is 44.0 Å². The predicted molar refractivity (Wildman–Crippen MR) is 126 cm³/mol. The van der Waals surface area contributed by atoms with E-state index < -0.39 is 0 Å². The van der Waals surface area contributed by atoms with Crippen LogP contribution in [-0.4, -0.2) is 47.8 Å². The molecule has 1 saturated heterocycles. The van der Waals surface area contributed by atoms with Crippen molar-refractivity contribution in [3.05, 3.63) is 52.4 Å². The first-order valence-corrected chi connectivity index (χ1v) is 11.1. The van der Waals surface area contributed by atoms with Gasteiger partial charge < -0.3 is 19.7 Å². The molecule has 0 spiro atoms. The molecule has 9 heteroatoms. The van der Waals surface area contributed by atoms with Gasteiger partial charge in [-0.1, -0.05) is 0 Å².